The van der Waals surface area contributed by atoms with E-state index in [0.717, 1.165) is 37.3 Å². The van der Waals surface area contributed by atoms with Crippen LogP contribution in [0.3, 0.4) is 0 Å². The molecule has 0 aliphatic carbocycles. The molecule has 2 aromatic rings. The van der Waals surface area contributed by atoms with E-state index in [9.17, 15) is 13.2 Å². The average molecular weight is 445 g/mol. The number of carbonyl (C=O) groups excluding carboxylic acids is 1. The molecular weight excluding hydrogens is 424 g/mol. The zero-order valence-corrected chi connectivity index (χ0v) is 17.9. The van der Waals surface area contributed by atoms with E-state index in [1.54, 1.807) is 6.07 Å². The summed E-state index contributed by atoms with van der Waals surface area (Å²) < 4.78 is 38.5. The Labute approximate surface area is 173 Å². The van der Waals surface area contributed by atoms with E-state index >= 15 is 0 Å². The number of nitrogens with zero attached hydrogens (tertiary/aromatic N) is 1. The van der Waals surface area contributed by atoms with Gasteiger partial charge in [0.1, 0.15) is 21.4 Å². The van der Waals surface area contributed by atoms with Crippen molar-refractivity contribution >= 4 is 44.6 Å². The van der Waals surface area contributed by atoms with E-state index in [-0.39, 0.29) is 33.0 Å². The second-order valence-corrected chi connectivity index (χ2v) is 9.76. The highest BCUT2D eigenvalue weighted by Gasteiger charge is 2.23. The first-order chi connectivity index (χ1) is 13.3. The van der Waals surface area contributed by atoms with Gasteiger partial charge >= 0.3 is 0 Å². The first-order valence-electron chi connectivity index (χ1n) is 8.65. The third-order valence-electron chi connectivity index (χ3n) is 4.41. The number of likely N-dealkylation sites (tertiary alicyclic amines) is 1. The smallest absolute Gasteiger partial charge is 0.271 e. The Hall–Kier alpha value is -1.97. The lowest BCUT2D eigenvalue weighted by molar-refractivity contribution is -0.129. The summed E-state index contributed by atoms with van der Waals surface area (Å²) in [7, 11) is -0.993. The number of carbonyl (C=O) groups is 1. The SMILES string of the molecule is COc1cc(Cl)c(NS(=O)(=O)c2ccc(CC(=O)N3CCCC3)s2)c(OC)c1. The monoisotopic (exact) mass is 444 g/mol. The van der Waals surface area contributed by atoms with E-state index in [1.165, 1.54) is 32.4 Å². The second-order valence-electron chi connectivity index (χ2n) is 6.28. The number of hydrogen-bond acceptors (Lipinski definition) is 6. The molecule has 0 spiro atoms. The zero-order chi connectivity index (χ0) is 20.3. The molecule has 0 atom stereocenters. The molecule has 1 aromatic heterocycles. The van der Waals surface area contributed by atoms with Gasteiger partial charge in [-0.05, 0) is 25.0 Å². The van der Waals surface area contributed by atoms with Crippen LogP contribution in [-0.4, -0.2) is 46.5 Å². The number of benzene rings is 1. The Morgan fingerprint density at radius 3 is 2.57 bits per heavy atom. The summed E-state index contributed by atoms with van der Waals surface area (Å²) in [5, 5.41) is 0.153. The number of thiophene rings is 1. The van der Waals surface area contributed by atoms with Gasteiger partial charge in [0, 0.05) is 30.1 Å². The van der Waals surface area contributed by atoms with Crippen molar-refractivity contribution in [3.63, 3.8) is 0 Å². The quantitative estimate of drug-likeness (QED) is 0.707. The molecule has 1 fully saturated rings. The standard InChI is InChI=1S/C18H21ClN2O5S2/c1-25-12-9-14(19)18(15(10-12)26-2)20-28(23,24)17-6-5-13(27-17)11-16(22)21-7-3-4-8-21/h5-6,9-10,20H,3-4,7-8,11H2,1-2H3. The Morgan fingerprint density at radius 2 is 1.93 bits per heavy atom. The molecule has 1 aromatic carbocycles. The minimum atomic E-state index is -3.88. The molecular formula is C18H21ClN2O5S2. The molecule has 1 aliphatic rings. The lowest BCUT2D eigenvalue weighted by Gasteiger charge is -2.14. The Bertz CT molecular complexity index is 968. The molecule has 0 unspecified atom stereocenters. The van der Waals surface area contributed by atoms with Crippen LogP contribution >= 0.6 is 22.9 Å². The van der Waals surface area contributed by atoms with Crippen LogP contribution in [0, 0.1) is 0 Å². The summed E-state index contributed by atoms with van der Waals surface area (Å²) in [4.78, 5) is 14.8. The van der Waals surface area contributed by atoms with Gasteiger partial charge in [0.25, 0.3) is 10.0 Å². The molecule has 0 saturated carbocycles. The molecule has 152 valence electrons. The molecule has 1 amide bonds. The van der Waals surface area contributed by atoms with Crippen LogP contribution in [-0.2, 0) is 21.2 Å². The molecule has 0 bridgehead atoms. The number of rotatable bonds is 7. The van der Waals surface area contributed by atoms with E-state index < -0.39 is 10.0 Å². The van der Waals surface area contributed by atoms with Crippen molar-refractivity contribution in [2.75, 3.05) is 32.0 Å². The van der Waals surface area contributed by atoms with Crippen LogP contribution in [0.4, 0.5) is 5.69 Å². The zero-order valence-electron chi connectivity index (χ0n) is 15.5. The van der Waals surface area contributed by atoms with E-state index in [1.807, 2.05) is 4.90 Å². The largest absolute Gasteiger partial charge is 0.497 e. The molecule has 1 saturated heterocycles. The minimum Gasteiger partial charge on any atom is -0.497 e. The van der Waals surface area contributed by atoms with Crippen LogP contribution in [0.5, 0.6) is 11.5 Å². The normalized spacial score (nSPS) is 14.2. The molecule has 2 heterocycles. The number of halogens is 1. The fraction of sp³-hybridized carbons (Fsp3) is 0.389. The maximum Gasteiger partial charge on any atom is 0.271 e. The highest BCUT2D eigenvalue weighted by molar-refractivity contribution is 7.94. The summed E-state index contributed by atoms with van der Waals surface area (Å²) in [6.45, 7) is 1.54. The van der Waals surface area contributed by atoms with Crippen LogP contribution < -0.4 is 14.2 Å². The van der Waals surface area contributed by atoms with E-state index in [4.69, 9.17) is 21.1 Å². The van der Waals surface area contributed by atoms with Crippen LogP contribution in [0.25, 0.3) is 0 Å². The van der Waals surface area contributed by atoms with Gasteiger partial charge in [-0.15, -0.1) is 11.3 Å². The maximum absolute atomic E-state index is 12.8. The molecule has 1 aliphatic heterocycles. The fourth-order valence-electron chi connectivity index (χ4n) is 2.95. The first-order valence-corrected chi connectivity index (χ1v) is 11.3. The number of methoxy groups -OCH3 is 2. The van der Waals surface area contributed by atoms with Gasteiger partial charge in [0.2, 0.25) is 5.91 Å². The highest BCUT2D eigenvalue weighted by atomic mass is 35.5. The number of nitrogens with one attached hydrogen (secondary N) is 1. The maximum atomic E-state index is 12.8. The van der Waals surface area contributed by atoms with Crippen molar-refractivity contribution in [1.29, 1.82) is 0 Å². The van der Waals surface area contributed by atoms with Gasteiger partial charge in [-0.25, -0.2) is 8.42 Å². The number of ether oxygens (including phenoxy) is 2. The van der Waals surface area contributed by atoms with Crippen molar-refractivity contribution in [3.05, 3.63) is 34.2 Å². The molecule has 1 N–H and O–H groups in total. The predicted molar refractivity (Wildman–Crippen MR) is 109 cm³/mol. The molecule has 7 nitrogen and oxygen atoms in total. The van der Waals surface area contributed by atoms with Crippen LogP contribution in [0.15, 0.2) is 28.5 Å². The highest BCUT2D eigenvalue weighted by Crippen LogP contribution is 2.38. The number of anilines is 1. The number of hydrogen-bond donors (Lipinski definition) is 1. The Morgan fingerprint density at radius 1 is 1.21 bits per heavy atom. The molecule has 10 heteroatoms. The summed E-state index contributed by atoms with van der Waals surface area (Å²) in [5.41, 5.74) is 0.132. The first kappa shape index (κ1) is 20.8. The van der Waals surface area contributed by atoms with Gasteiger partial charge in [0.15, 0.2) is 0 Å². The van der Waals surface area contributed by atoms with Gasteiger partial charge in [-0.3, -0.25) is 9.52 Å². The molecule has 3 rings (SSSR count). The van der Waals surface area contributed by atoms with Gasteiger partial charge in [0.05, 0.1) is 25.7 Å². The van der Waals surface area contributed by atoms with Crippen molar-refractivity contribution in [1.82, 2.24) is 4.90 Å². The summed E-state index contributed by atoms with van der Waals surface area (Å²) in [6.07, 6.45) is 2.24. The van der Waals surface area contributed by atoms with Crippen LogP contribution in [0.1, 0.15) is 17.7 Å². The van der Waals surface area contributed by atoms with Crippen LogP contribution in [0.2, 0.25) is 5.02 Å². The minimum absolute atomic E-state index is 0.0242. The predicted octanol–water partition coefficient (Wildman–Crippen LogP) is 3.38. The lowest BCUT2D eigenvalue weighted by Crippen LogP contribution is -2.28. The van der Waals surface area contributed by atoms with Gasteiger partial charge in [-0.1, -0.05) is 11.6 Å². The topological polar surface area (TPSA) is 84.9 Å². The van der Waals surface area contributed by atoms with E-state index in [2.05, 4.69) is 4.72 Å². The number of sulfonamides is 1. The van der Waals surface area contributed by atoms with E-state index in [0.29, 0.717) is 10.6 Å². The lowest BCUT2D eigenvalue weighted by atomic mass is 10.3. The van der Waals surface area contributed by atoms with Crippen molar-refractivity contribution in [3.8, 4) is 11.5 Å². The van der Waals surface area contributed by atoms with Crippen molar-refractivity contribution < 1.29 is 22.7 Å². The summed E-state index contributed by atoms with van der Waals surface area (Å²) in [5.74, 6) is 0.716. The summed E-state index contributed by atoms with van der Waals surface area (Å²) >= 11 is 7.27. The molecule has 28 heavy (non-hydrogen) atoms. The number of amides is 1. The molecule has 0 radical (unpaired) electrons. The average Bonchev–Trinajstić information content (AvgIpc) is 3.35. The van der Waals surface area contributed by atoms with Gasteiger partial charge in [-0.2, -0.15) is 0 Å². The Kier molecular flexibility index (Phi) is 6.36. The van der Waals surface area contributed by atoms with Crippen molar-refractivity contribution in [2.24, 2.45) is 0 Å². The van der Waals surface area contributed by atoms with Crippen molar-refractivity contribution in [2.45, 2.75) is 23.5 Å². The van der Waals surface area contributed by atoms with Gasteiger partial charge < -0.3 is 14.4 Å². The third-order valence-corrected chi connectivity index (χ3v) is 7.63. The third kappa shape index (κ3) is 4.53. The Balaban J connectivity index is 1.79. The summed E-state index contributed by atoms with van der Waals surface area (Å²) in [6, 6.07) is 6.19. The second kappa shape index (κ2) is 8.59. The fourth-order valence-corrected chi connectivity index (χ4v) is 5.69.